The number of pyridine rings is 1. The van der Waals surface area contributed by atoms with Gasteiger partial charge in [-0.1, -0.05) is 36.4 Å². The Kier molecular flexibility index (Phi) is 6.93. The van der Waals surface area contributed by atoms with Gasteiger partial charge in [0.1, 0.15) is 0 Å². The van der Waals surface area contributed by atoms with Gasteiger partial charge in [0.05, 0.1) is 17.4 Å². The number of amides is 1. The van der Waals surface area contributed by atoms with Crippen molar-refractivity contribution in [3.63, 3.8) is 0 Å². The van der Waals surface area contributed by atoms with E-state index in [1.165, 1.54) is 11.1 Å². The van der Waals surface area contributed by atoms with Crippen LogP contribution in [0.5, 0.6) is 0 Å². The summed E-state index contributed by atoms with van der Waals surface area (Å²) < 4.78 is 0. The lowest BCUT2D eigenvalue weighted by atomic mass is 9.95. The summed E-state index contributed by atoms with van der Waals surface area (Å²) in [5.74, 6) is 0.948. The molecule has 2 aliphatic rings. The van der Waals surface area contributed by atoms with Gasteiger partial charge < -0.3 is 9.80 Å². The highest BCUT2D eigenvalue weighted by Gasteiger charge is 2.25. The van der Waals surface area contributed by atoms with Crippen LogP contribution in [0.15, 0.2) is 78.2 Å². The third-order valence-corrected chi connectivity index (χ3v) is 6.56. The second-order valence-electron chi connectivity index (χ2n) is 9.03. The van der Waals surface area contributed by atoms with Crippen molar-refractivity contribution in [1.29, 1.82) is 0 Å². The molecule has 0 aliphatic carbocycles. The van der Waals surface area contributed by atoms with E-state index in [4.69, 9.17) is 4.99 Å². The standard InChI is InChI=1S/C28H30N6O/c1-21-11-12-25(31-20-21)26-19-23(22-7-3-2-4-8-22)24(32-26)9-5-10-27(35)33-15-17-34(18-16-33)28-29-13-6-14-30-28/h2-4,6-8,11-14,19-20,24H,5,9-10,15-18H2,1H3. The van der Waals surface area contributed by atoms with Crippen LogP contribution in [-0.4, -0.2) is 63.7 Å². The van der Waals surface area contributed by atoms with Crippen molar-refractivity contribution in [2.75, 3.05) is 31.1 Å². The van der Waals surface area contributed by atoms with Gasteiger partial charge in [-0.25, -0.2) is 9.97 Å². The van der Waals surface area contributed by atoms with Crippen molar-refractivity contribution in [3.8, 4) is 0 Å². The Balaban J connectivity index is 1.19. The molecule has 1 fully saturated rings. The third kappa shape index (κ3) is 5.45. The topological polar surface area (TPSA) is 74.6 Å². The van der Waals surface area contributed by atoms with E-state index in [2.05, 4.69) is 56.3 Å². The van der Waals surface area contributed by atoms with Gasteiger partial charge in [-0.15, -0.1) is 0 Å². The number of hydrogen-bond donors (Lipinski definition) is 0. The number of anilines is 1. The van der Waals surface area contributed by atoms with E-state index >= 15 is 0 Å². The lowest BCUT2D eigenvalue weighted by Crippen LogP contribution is -2.49. The highest BCUT2D eigenvalue weighted by atomic mass is 16.2. The lowest BCUT2D eigenvalue weighted by Gasteiger charge is -2.34. The molecule has 7 nitrogen and oxygen atoms in total. The van der Waals surface area contributed by atoms with Crippen molar-refractivity contribution in [2.24, 2.45) is 4.99 Å². The molecule has 178 valence electrons. The number of aromatic nitrogens is 3. The average molecular weight is 467 g/mol. The van der Waals surface area contributed by atoms with E-state index < -0.39 is 0 Å². The smallest absolute Gasteiger partial charge is 0.225 e. The number of carbonyl (C=O) groups excluding carboxylic acids is 1. The first-order chi connectivity index (χ1) is 17.2. The van der Waals surface area contributed by atoms with Gasteiger partial charge in [0, 0.05) is 51.2 Å². The Morgan fingerprint density at radius 2 is 1.71 bits per heavy atom. The number of piperazine rings is 1. The summed E-state index contributed by atoms with van der Waals surface area (Å²) in [6, 6.07) is 16.3. The van der Waals surface area contributed by atoms with E-state index in [9.17, 15) is 4.79 Å². The van der Waals surface area contributed by atoms with Crippen molar-refractivity contribution < 1.29 is 4.79 Å². The first kappa shape index (κ1) is 22.9. The Labute approximate surface area is 206 Å². The maximum atomic E-state index is 12.9. The van der Waals surface area contributed by atoms with Crippen LogP contribution in [0.25, 0.3) is 5.57 Å². The van der Waals surface area contributed by atoms with Gasteiger partial charge in [-0.05, 0) is 54.7 Å². The molecule has 3 aromatic rings. The molecule has 7 heteroatoms. The zero-order valence-corrected chi connectivity index (χ0v) is 20.0. The normalized spacial score (nSPS) is 17.8. The minimum Gasteiger partial charge on any atom is -0.339 e. The number of nitrogens with zero attached hydrogens (tertiary/aromatic N) is 6. The van der Waals surface area contributed by atoms with Crippen LogP contribution in [0.4, 0.5) is 5.95 Å². The van der Waals surface area contributed by atoms with Gasteiger partial charge in [0.25, 0.3) is 0 Å². The van der Waals surface area contributed by atoms with Gasteiger partial charge in [0.15, 0.2) is 0 Å². The quantitative estimate of drug-likeness (QED) is 0.527. The molecule has 5 rings (SSSR count). The van der Waals surface area contributed by atoms with E-state index in [-0.39, 0.29) is 11.9 Å². The summed E-state index contributed by atoms with van der Waals surface area (Å²) in [6.07, 6.45) is 9.71. The molecule has 2 aliphatic heterocycles. The maximum absolute atomic E-state index is 12.9. The number of aliphatic imine (C=N–C) groups is 1. The van der Waals surface area contributed by atoms with Crippen molar-refractivity contribution in [2.45, 2.75) is 32.2 Å². The molecule has 35 heavy (non-hydrogen) atoms. The van der Waals surface area contributed by atoms with Crippen LogP contribution in [0.1, 0.15) is 36.1 Å². The lowest BCUT2D eigenvalue weighted by molar-refractivity contribution is -0.131. The SMILES string of the molecule is Cc1ccc(C2=NC(CCCC(=O)N3CCN(c4ncccn4)CC3)C(c3ccccc3)=C2)nc1. The number of aryl methyl sites for hydroxylation is 1. The molecular formula is C28H30N6O. The van der Waals surface area contributed by atoms with E-state index in [0.717, 1.165) is 48.8 Å². The Hall–Kier alpha value is -3.87. The van der Waals surface area contributed by atoms with Crippen LogP contribution < -0.4 is 4.90 Å². The first-order valence-electron chi connectivity index (χ1n) is 12.2. The predicted molar refractivity (Wildman–Crippen MR) is 138 cm³/mol. The summed E-state index contributed by atoms with van der Waals surface area (Å²) in [5.41, 5.74) is 5.31. The third-order valence-electron chi connectivity index (χ3n) is 6.56. The highest BCUT2D eigenvalue weighted by molar-refractivity contribution is 6.14. The zero-order valence-electron chi connectivity index (χ0n) is 20.0. The second kappa shape index (κ2) is 10.6. The van der Waals surface area contributed by atoms with Gasteiger partial charge in [-0.2, -0.15) is 0 Å². The van der Waals surface area contributed by atoms with Gasteiger partial charge in [0.2, 0.25) is 11.9 Å². The molecule has 1 atom stereocenters. The minimum absolute atomic E-state index is 0.0374. The summed E-state index contributed by atoms with van der Waals surface area (Å²) in [5, 5.41) is 0. The number of rotatable bonds is 7. The Morgan fingerprint density at radius 1 is 0.943 bits per heavy atom. The molecule has 0 radical (unpaired) electrons. The number of hydrogen-bond acceptors (Lipinski definition) is 6. The summed E-state index contributed by atoms with van der Waals surface area (Å²) in [6.45, 7) is 4.97. The van der Waals surface area contributed by atoms with E-state index in [0.29, 0.717) is 19.5 Å². The monoisotopic (exact) mass is 466 g/mol. The van der Waals surface area contributed by atoms with Gasteiger partial charge >= 0.3 is 0 Å². The first-order valence-corrected chi connectivity index (χ1v) is 12.2. The largest absolute Gasteiger partial charge is 0.339 e. The zero-order chi connectivity index (χ0) is 24.0. The highest BCUT2D eigenvalue weighted by Crippen LogP contribution is 2.30. The van der Waals surface area contributed by atoms with Crippen LogP contribution in [0, 0.1) is 6.92 Å². The molecule has 4 heterocycles. The summed E-state index contributed by atoms with van der Waals surface area (Å²) >= 11 is 0. The maximum Gasteiger partial charge on any atom is 0.225 e. The molecular weight excluding hydrogens is 436 g/mol. The summed E-state index contributed by atoms with van der Waals surface area (Å²) in [4.78, 5) is 35.2. The van der Waals surface area contributed by atoms with Crippen molar-refractivity contribution in [3.05, 3.63) is 90.0 Å². The summed E-state index contributed by atoms with van der Waals surface area (Å²) in [7, 11) is 0. The molecule has 0 saturated carbocycles. The fourth-order valence-corrected chi connectivity index (χ4v) is 4.62. The molecule has 0 spiro atoms. The molecule has 1 unspecified atom stereocenters. The fraction of sp³-hybridized carbons (Fsp3) is 0.321. The molecule has 1 saturated heterocycles. The molecule has 0 N–H and O–H groups in total. The predicted octanol–water partition coefficient (Wildman–Crippen LogP) is 3.95. The van der Waals surface area contributed by atoms with Crippen LogP contribution in [0.2, 0.25) is 0 Å². The molecule has 1 amide bonds. The van der Waals surface area contributed by atoms with Crippen LogP contribution in [0.3, 0.4) is 0 Å². The van der Waals surface area contributed by atoms with Crippen molar-refractivity contribution in [1.82, 2.24) is 19.9 Å². The Morgan fingerprint density at radius 3 is 2.43 bits per heavy atom. The molecule has 1 aromatic carbocycles. The van der Waals surface area contributed by atoms with Crippen molar-refractivity contribution >= 4 is 23.1 Å². The molecule has 0 bridgehead atoms. The fourth-order valence-electron chi connectivity index (χ4n) is 4.62. The van der Waals surface area contributed by atoms with E-state index in [1.54, 1.807) is 12.4 Å². The van der Waals surface area contributed by atoms with E-state index in [1.807, 2.05) is 36.2 Å². The molecule has 2 aromatic heterocycles. The number of carbonyl (C=O) groups is 1. The number of benzene rings is 1. The number of allylic oxidation sites excluding steroid dienone is 1. The second-order valence-corrected chi connectivity index (χ2v) is 9.03. The van der Waals surface area contributed by atoms with Crippen LogP contribution in [-0.2, 0) is 4.79 Å². The minimum atomic E-state index is 0.0374. The van der Waals surface area contributed by atoms with Crippen LogP contribution >= 0.6 is 0 Å². The average Bonchev–Trinajstić information content (AvgIpc) is 3.34. The van der Waals surface area contributed by atoms with Gasteiger partial charge in [-0.3, -0.25) is 14.8 Å². The Bertz CT molecular complexity index is 1200.